The zero-order chi connectivity index (χ0) is 9.26. The normalized spacial score (nSPS) is 30.7. The molecule has 2 rings (SSSR count). The fraction of sp³-hybridized carbons (Fsp3) is 0.889. The summed E-state index contributed by atoms with van der Waals surface area (Å²) in [5.41, 5.74) is 0. The number of hydrogen-bond donors (Lipinski definition) is 2. The van der Waals surface area contributed by atoms with Crippen molar-refractivity contribution in [1.82, 2.24) is 15.5 Å². The standard InChI is InChI=1S/C9H17N3O/c1-12-8(6-11-9(12)13)7-2-4-10-5-3-7/h7-8,10H,2-6H2,1H3,(H,11,13). The first-order chi connectivity index (χ1) is 6.29. The largest absolute Gasteiger partial charge is 0.336 e. The van der Waals surface area contributed by atoms with Crippen molar-refractivity contribution in [2.75, 3.05) is 26.7 Å². The summed E-state index contributed by atoms with van der Waals surface area (Å²) in [5.74, 6) is 0.685. The number of urea groups is 1. The molecule has 0 bridgehead atoms. The Kier molecular flexibility index (Phi) is 2.40. The molecule has 0 spiro atoms. The number of carbonyl (C=O) groups is 1. The number of nitrogens with zero attached hydrogens (tertiary/aromatic N) is 1. The van der Waals surface area contributed by atoms with E-state index in [4.69, 9.17) is 0 Å². The Balaban J connectivity index is 1.95. The smallest absolute Gasteiger partial charge is 0.317 e. The van der Waals surface area contributed by atoms with Crippen molar-refractivity contribution < 1.29 is 4.79 Å². The lowest BCUT2D eigenvalue weighted by atomic mass is 9.90. The summed E-state index contributed by atoms with van der Waals surface area (Å²) < 4.78 is 0. The van der Waals surface area contributed by atoms with Gasteiger partial charge in [-0.05, 0) is 31.8 Å². The lowest BCUT2D eigenvalue weighted by molar-refractivity contribution is 0.187. The van der Waals surface area contributed by atoms with Gasteiger partial charge in [-0.25, -0.2) is 4.79 Å². The maximum atomic E-state index is 11.2. The van der Waals surface area contributed by atoms with Crippen LogP contribution in [0.3, 0.4) is 0 Å². The zero-order valence-electron chi connectivity index (χ0n) is 8.05. The maximum Gasteiger partial charge on any atom is 0.317 e. The molecule has 2 saturated heterocycles. The van der Waals surface area contributed by atoms with Crippen LogP contribution >= 0.6 is 0 Å². The highest BCUT2D eigenvalue weighted by molar-refractivity contribution is 5.76. The maximum absolute atomic E-state index is 11.2. The molecule has 2 heterocycles. The summed E-state index contributed by atoms with van der Waals surface area (Å²) >= 11 is 0. The molecule has 4 nitrogen and oxygen atoms in total. The molecular formula is C9H17N3O. The van der Waals surface area contributed by atoms with Crippen LogP contribution in [0.4, 0.5) is 4.79 Å². The Morgan fingerprint density at radius 2 is 2.08 bits per heavy atom. The van der Waals surface area contributed by atoms with E-state index in [1.807, 2.05) is 11.9 Å². The van der Waals surface area contributed by atoms with Crippen molar-refractivity contribution in [3.63, 3.8) is 0 Å². The van der Waals surface area contributed by atoms with Gasteiger partial charge >= 0.3 is 6.03 Å². The molecule has 2 N–H and O–H groups in total. The van der Waals surface area contributed by atoms with Crippen LogP contribution in [0.1, 0.15) is 12.8 Å². The predicted molar refractivity (Wildman–Crippen MR) is 50.5 cm³/mol. The third-order valence-electron chi connectivity index (χ3n) is 3.21. The third kappa shape index (κ3) is 1.63. The number of carbonyl (C=O) groups excluding carboxylic acids is 1. The summed E-state index contributed by atoms with van der Waals surface area (Å²) in [6.07, 6.45) is 2.40. The van der Waals surface area contributed by atoms with Gasteiger partial charge in [-0.3, -0.25) is 0 Å². The van der Waals surface area contributed by atoms with E-state index in [0.29, 0.717) is 12.0 Å². The van der Waals surface area contributed by atoms with Gasteiger partial charge in [0.25, 0.3) is 0 Å². The minimum absolute atomic E-state index is 0.0866. The van der Waals surface area contributed by atoms with Crippen molar-refractivity contribution in [3.8, 4) is 0 Å². The molecule has 2 amide bonds. The van der Waals surface area contributed by atoms with Crippen LogP contribution in [0.2, 0.25) is 0 Å². The number of piperidine rings is 1. The van der Waals surface area contributed by atoms with Crippen LogP contribution in [-0.2, 0) is 0 Å². The average Bonchev–Trinajstić information content (AvgIpc) is 2.49. The second-order valence-corrected chi connectivity index (χ2v) is 3.95. The lowest BCUT2D eigenvalue weighted by Gasteiger charge is -2.30. The molecule has 13 heavy (non-hydrogen) atoms. The van der Waals surface area contributed by atoms with Crippen molar-refractivity contribution in [1.29, 1.82) is 0 Å². The number of rotatable bonds is 1. The minimum Gasteiger partial charge on any atom is -0.336 e. The first-order valence-corrected chi connectivity index (χ1v) is 5.00. The first-order valence-electron chi connectivity index (χ1n) is 5.00. The van der Waals surface area contributed by atoms with Crippen molar-refractivity contribution in [3.05, 3.63) is 0 Å². The Bertz CT molecular complexity index is 201. The highest BCUT2D eigenvalue weighted by atomic mass is 16.2. The zero-order valence-corrected chi connectivity index (χ0v) is 8.05. The van der Waals surface area contributed by atoms with Gasteiger partial charge in [0, 0.05) is 13.6 Å². The minimum atomic E-state index is 0.0866. The Labute approximate surface area is 78.7 Å². The third-order valence-corrected chi connectivity index (χ3v) is 3.21. The van der Waals surface area contributed by atoms with Gasteiger partial charge in [0.2, 0.25) is 0 Å². The monoisotopic (exact) mass is 183 g/mol. The molecule has 2 aliphatic rings. The fourth-order valence-corrected chi connectivity index (χ4v) is 2.32. The van der Waals surface area contributed by atoms with Crippen LogP contribution in [0.5, 0.6) is 0 Å². The Morgan fingerprint density at radius 3 is 2.62 bits per heavy atom. The SMILES string of the molecule is CN1C(=O)NCC1C1CCNCC1. The van der Waals surface area contributed by atoms with Gasteiger partial charge in [0.05, 0.1) is 6.04 Å². The summed E-state index contributed by atoms with van der Waals surface area (Å²) in [6, 6.07) is 0.512. The van der Waals surface area contributed by atoms with Gasteiger partial charge in [-0.2, -0.15) is 0 Å². The number of nitrogens with one attached hydrogen (secondary N) is 2. The van der Waals surface area contributed by atoms with E-state index in [1.54, 1.807) is 0 Å². The Morgan fingerprint density at radius 1 is 1.38 bits per heavy atom. The number of amides is 2. The summed E-state index contributed by atoms with van der Waals surface area (Å²) in [5, 5.41) is 6.22. The number of hydrogen-bond acceptors (Lipinski definition) is 2. The molecule has 0 aliphatic carbocycles. The molecule has 0 radical (unpaired) electrons. The fourth-order valence-electron chi connectivity index (χ4n) is 2.32. The summed E-state index contributed by atoms with van der Waals surface area (Å²) in [4.78, 5) is 13.1. The molecule has 1 unspecified atom stereocenters. The second kappa shape index (κ2) is 3.54. The quantitative estimate of drug-likeness (QED) is 0.601. The van der Waals surface area contributed by atoms with E-state index in [9.17, 15) is 4.79 Å². The second-order valence-electron chi connectivity index (χ2n) is 3.95. The van der Waals surface area contributed by atoms with Crippen LogP contribution in [0.25, 0.3) is 0 Å². The molecule has 0 aromatic heterocycles. The number of likely N-dealkylation sites (N-methyl/N-ethyl adjacent to an activating group) is 1. The molecular weight excluding hydrogens is 166 g/mol. The van der Waals surface area contributed by atoms with E-state index >= 15 is 0 Å². The van der Waals surface area contributed by atoms with Crippen LogP contribution in [0.15, 0.2) is 0 Å². The van der Waals surface area contributed by atoms with Gasteiger partial charge in [0.1, 0.15) is 0 Å². The van der Waals surface area contributed by atoms with Crippen molar-refractivity contribution in [2.24, 2.45) is 5.92 Å². The molecule has 0 saturated carbocycles. The average molecular weight is 183 g/mol. The molecule has 74 valence electrons. The van der Waals surface area contributed by atoms with E-state index in [1.165, 1.54) is 12.8 Å². The summed E-state index contributed by atoms with van der Waals surface area (Å²) in [6.45, 7) is 3.03. The van der Waals surface area contributed by atoms with Crippen LogP contribution in [0, 0.1) is 5.92 Å². The van der Waals surface area contributed by atoms with E-state index in [0.717, 1.165) is 19.6 Å². The van der Waals surface area contributed by atoms with Gasteiger partial charge in [-0.15, -0.1) is 0 Å². The van der Waals surface area contributed by atoms with Crippen LogP contribution < -0.4 is 10.6 Å². The molecule has 2 aliphatic heterocycles. The molecule has 2 fully saturated rings. The van der Waals surface area contributed by atoms with Gasteiger partial charge < -0.3 is 15.5 Å². The topological polar surface area (TPSA) is 44.4 Å². The molecule has 0 aromatic carbocycles. The lowest BCUT2D eigenvalue weighted by Crippen LogP contribution is -2.41. The van der Waals surface area contributed by atoms with E-state index in [-0.39, 0.29) is 6.03 Å². The van der Waals surface area contributed by atoms with Crippen molar-refractivity contribution in [2.45, 2.75) is 18.9 Å². The highest BCUT2D eigenvalue weighted by Gasteiger charge is 2.33. The van der Waals surface area contributed by atoms with Gasteiger partial charge in [-0.1, -0.05) is 0 Å². The van der Waals surface area contributed by atoms with Crippen LogP contribution in [-0.4, -0.2) is 43.7 Å². The van der Waals surface area contributed by atoms with Crippen molar-refractivity contribution >= 4 is 6.03 Å². The Hall–Kier alpha value is -0.770. The highest BCUT2D eigenvalue weighted by Crippen LogP contribution is 2.22. The van der Waals surface area contributed by atoms with E-state index in [2.05, 4.69) is 10.6 Å². The predicted octanol–water partition coefficient (Wildman–Crippen LogP) is 0.00960. The summed E-state index contributed by atoms with van der Waals surface area (Å²) in [7, 11) is 1.90. The molecule has 1 atom stereocenters. The van der Waals surface area contributed by atoms with Gasteiger partial charge in [0.15, 0.2) is 0 Å². The molecule has 0 aromatic rings. The van der Waals surface area contributed by atoms with E-state index < -0.39 is 0 Å². The molecule has 4 heteroatoms. The first kappa shape index (κ1) is 8.81.